The van der Waals surface area contributed by atoms with E-state index in [0.717, 1.165) is 57.2 Å². The van der Waals surface area contributed by atoms with E-state index in [9.17, 15) is 0 Å². The molecule has 0 radical (unpaired) electrons. The first-order valence-corrected chi connectivity index (χ1v) is 24.0. The van der Waals surface area contributed by atoms with Crippen LogP contribution in [0.15, 0.2) is 176 Å². The molecular weight excluding hydrogens is 843 g/mol. The molecule has 1 aliphatic rings. The zero-order chi connectivity index (χ0) is 47.3. The average molecular weight is 898 g/mol. The van der Waals surface area contributed by atoms with E-state index in [1.54, 1.807) is 0 Å². The van der Waals surface area contributed by atoms with Gasteiger partial charge < -0.3 is 19.1 Å². The Kier molecular flexibility index (Phi) is 9.82. The van der Waals surface area contributed by atoms with Crippen LogP contribution < -0.4 is 14.5 Å². The van der Waals surface area contributed by atoms with Crippen molar-refractivity contribution in [2.75, 3.05) is 23.5 Å². The number of aryl methyl sites for hydroxylation is 4. The van der Waals surface area contributed by atoms with Gasteiger partial charge in [-0.25, -0.2) is 4.98 Å². The molecule has 0 saturated heterocycles. The summed E-state index contributed by atoms with van der Waals surface area (Å²) in [7, 11) is 2.15. The molecule has 0 spiro atoms. The summed E-state index contributed by atoms with van der Waals surface area (Å²) in [5.41, 5.74) is 20.1. The van der Waals surface area contributed by atoms with Crippen molar-refractivity contribution >= 4 is 60.7 Å². The monoisotopic (exact) mass is 897 g/mol. The molecule has 0 amide bonds. The van der Waals surface area contributed by atoms with E-state index in [4.69, 9.17) is 9.72 Å². The first-order chi connectivity index (χ1) is 33.4. The number of benzene rings is 8. The molecule has 338 valence electrons. The zero-order valence-corrected chi connectivity index (χ0v) is 40.6. The fourth-order valence-electron chi connectivity index (χ4n) is 11.2. The Labute approximate surface area is 404 Å². The molecule has 0 atom stereocenters. The van der Waals surface area contributed by atoms with Crippen molar-refractivity contribution < 1.29 is 4.74 Å². The number of rotatable bonds is 7. The third-order valence-electron chi connectivity index (χ3n) is 14.3. The number of aromatic nitrogens is 3. The highest BCUT2D eigenvalue weighted by Crippen LogP contribution is 2.48. The lowest BCUT2D eigenvalue weighted by Gasteiger charge is -2.25. The summed E-state index contributed by atoms with van der Waals surface area (Å²) in [5.74, 6) is 2.39. The van der Waals surface area contributed by atoms with E-state index in [2.05, 4.69) is 244 Å². The Morgan fingerprint density at radius 2 is 1.09 bits per heavy atom. The topological polar surface area (TPSA) is 38.5 Å². The number of anilines is 3. The molecule has 0 aliphatic carbocycles. The molecule has 11 aromatic rings. The summed E-state index contributed by atoms with van der Waals surface area (Å²) >= 11 is 0. The summed E-state index contributed by atoms with van der Waals surface area (Å²) < 4.78 is 11.8. The van der Waals surface area contributed by atoms with Crippen LogP contribution in [0.1, 0.15) is 48.6 Å². The number of ether oxygens (including phenoxy) is 1. The van der Waals surface area contributed by atoms with Gasteiger partial charge in [0.15, 0.2) is 0 Å². The maximum absolute atomic E-state index is 6.98. The van der Waals surface area contributed by atoms with Crippen LogP contribution in [0, 0.1) is 27.7 Å². The van der Waals surface area contributed by atoms with E-state index in [1.807, 2.05) is 6.20 Å². The first-order valence-electron chi connectivity index (χ1n) is 24.0. The van der Waals surface area contributed by atoms with Crippen molar-refractivity contribution in [3.63, 3.8) is 0 Å². The van der Waals surface area contributed by atoms with Crippen LogP contribution in [0.5, 0.6) is 11.5 Å². The fraction of sp³-hybridized carbons (Fsp3) is 0.159. The van der Waals surface area contributed by atoms with Crippen molar-refractivity contribution in [3.8, 4) is 45.3 Å². The normalized spacial score (nSPS) is 12.8. The van der Waals surface area contributed by atoms with Gasteiger partial charge in [0.2, 0.25) is 0 Å². The summed E-state index contributed by atoms with van der Waals surface area (Å²) in [4.78, 5) is 9.89. The molecule has 12 rings (SSSR count). The molecule has 8 aromatic carbocycles. The maximum atomic E-state index is 6.98. The minimum Gasteiger partial charge on any atom is -0.457 e. The van der Waals surface area contributed by atoms with Gasteiger partial charge >= 0.3 is 0 Å². The molecule has 1 aliphatic heterocycles. The Bertz CT molecular complexity index is 3730. The van der Waals surface area contributed by atoms with Crippen molar-refractivity contribution in [2.24, 2.45) is 0 Å². The lowest BCUT2D eigenvalue weighted by atomic mass is 9.86. The van der Waals surface area contributed by atoms with Crippen LogP contribution in [0.3, 0.4) is 0 Å². The van der Waals surface area contributed by atoms with Gasteiger partial charge in [-0.15, -0.1) is 0 Å². The molecular formula is C63H55N5O. The SMILES string of the molecule is Cc1cc(C)c2c3c(C)cc(C)c(-c4ccccc4)c3n(-c3ccnc(-n4c5ccccc5c5ccc(Oc6cc(N7CN(C)c8ccccc87)cc(C(C)(C)C)c6)cc54)c3)c2c1-c1ccccc1. The van der Waals surface area contributed by atoms with Crippen LogP contribution in [0.2, 0.25) is 0 Å². The van der Waals surface area contributed by atoms with Crippen molar-refractivity contribution in [1.29, 1.82) is 0 Å². The van der Waals surface area contributed by atoms with Crippen LogP contribution in [0.4, 0.5) is 17.1 Å². The molecule has 3 aromatic heterocycles. The minimum absolute atomic E-state index is 0.0960. The summed E-state index contributed by atoms with van der Waals surface area (Å²) in [5, 5.41) is 4.85. The maximum Gasteiger partial charge on any atom is 0.139 e. The largest absolute Gasteiger partial charge is 0.457 e. The molecule has 6 heteroatoms. The van der Waals surface area contributed by atoms with Crippen LogP contribution >= 0.6 is 0 Å². The Hall–Kier alpha value is -8.09. The van der Waals surface area contributed by atoms with Gasteiger partial charge in [-0.2, -0.15) is 0 Å². The van der Waals surface area contributed by atoms with Crippen LogP contribution in [-0.2, 0) is 5.41 Å². The number of para-hydroxylation sites is 3. The molecule has 0 unspecified atom stereocenters. The number of hydrogen-bond donors (Lipinski definition) is 0. The molecule has 0 fully saturated rings. The average Bonchev–Trinajstić information content (AvgIpc) is 4.00. The number of pyridine rings is 1. The van der Waals surface area contributed by atoms with E-state index in [1.165, 1.54) is 83.3 Å². The highest BCUT2D eigenvalue weighted by Gasteiger charge is 2.28. The molecule has 4 heterocycles. The second-order valence-electron chi connectivity index (χ2n) is 20.0. The molecule has 0 bridgehead atoms. The van der Waals surface area contributed by atoms with E-state index in [0.29, 0.717) is 0 Å². The zero-order valence-electron chi connectivity index (χ0n) is 40.6. The second kappa shape index (κ2) is 16.0. The number of nitrogens with zero attached hydrogens (tertiary/aromatic N) is 5. The minimum atomic E-state index is -0.0960. The van der Waals surface area contributed by atoms with Crippen LogP contribution in [-0.4, -0.2) is 27.8 Å². The molecule has 0 saturated carbocycles. The van der Waals surface area contributed by atoms with E-state index >= 15 is 0 Å². The van der Waals surface area contributed by atoms with Crippen molar-refractivity contribution in [3.05, 3.63) is 204 Å². The lowest BCUT2D eigenvalue weighted by Crippen LogP contribution is -2.24. The predicted molar refractivity (Wildman–Crippen MR) is 290 cm³/mol. The van der Waals surface area contributed by atoms with Gasteiger partial charge in [0, 0.05) is 69.8 Å². The smallest absolute Gasteiger partial charge is 0.139 e. The van der Waals surface area contributed by atoms with Gasteiger partial charge in [0.05, 0.1) is 45.8 Å². The highest BCUT2D eigenvalue weighted by atomic mass is 16.5. The molecule has 69 heavy (non-hydrogen) atoms. The highest BCUT2D eigenvalue weighted by molar-refractivity contribution is 6.20. The van der Waals surface area contributed by atoms with Gasteiger partial charge in [-0.1, -0.05) is 124 Å². The van der Waals surface area contributed by atoms with Gasteiger partial charge in [0.1, 0.15) is 17.3 Å². The Morgan fingerprint density at radius 3 is 1.74 bits per heavy atom. The van der Waals surface area contributed by atoms with Gasteiger partial charge in [-0.3, -0.25) is 4.57 Å². The fourth-order valence-corrected chi connectivity index (χ4v) is 11.2. The quantitative estimate of drug-likeness (QED) is 0.160. The summed E-state index contributed by atoms with van der Waals surface area (Å²) in [6.07, 6.45) is 1.98. The van der Waals surface area contributed by atoms with Crippen molar-refractivity contribution in [1.82, 2.24) is 14.1 Å². The lowest BCUT2D eigenvalue weighted by molar-refractivity contribution is 0.479. The third kappa shape index (κ3) is 6.88. The van der Waals surface area contributed by atoms with E-state index in [-0.39, 0.29) is 5.41 Å². The third-order valence-corrected chi connectivity index (χ3v) is 14.3. The molecule has 6 nitrogen and oxygen atoms in total. The first kappa shape index (κ1) is 42.3. The van der Waals surface area contributed by atoms with Crippen LogP contribution in [0.25, 0.3) is 77.4 Å². The Balaban J connectivity index is 1.07. The summed E-state index contributed by atoms with van der Waals surface area (Å²) in [6.45, 7) is 16.6. The second-order valence-corrected chi connectivity index (χ2v) is 20.0. The predicted octanol–water partition coefficient (Wildman–Crippen LogP) is 16.5. The Morgan fingerprint density at radius 1 is 0.493 bits per heavy atom. The van der Waals surface area contributed by atoms with Gasteiger partial charge in [0.25, 0.3) is 0 Å². The van der Waals surface area contributed by atoms with E-state index < -0.39 is 0 Å². The molecule has 0 N–H and O–H groups in total. The number of fused-ring (bicyclic) bond motifs is 7. The summed E-state index contributed by atoms with van der Waals surface area (Å²) in [6, 6.07) is 61.5. The number of hydrogen-bond acceptors (Lipinski definition) is 4. The van der Waals surface area contributed by atoms with Gasteiger partial charge in [-0.05, 0) is 121 Å². The standard InChI is InChI=1S/C63H55N5O/c1-39-31-41(3)59-60-42(4)32-40(2)58(44-21-13-10-14-22-44)62(60)67(61(59)57(39)43-19-11-9-12-20-43)46-29-30-64-56(36-46)68-52-24-16-15-23-50(52)51-28-27-48(37-55(51)68)69-49-34-45(63(5,6)7)33-47(35-49)66-38-65(8)53-25-17-18-26-54(53)66/h9-37H,38H2,1-8H3. The van der Waals surface area contributed by atoms with Crippen molar-refractivity contribution in [2.45, 2.75) is 53.9 Å².